The number of aromatic nitrogens is 1. The van der Waals surface area contributed by atoms with E-state index in [0.29, 0.717) is 27.1 Å². The molecule has 20 heavy (non-hydrogen) atoms. The van der Waals surface area contributed by atoms with E-state index >= 15 is 0 Å². The maximum Gasteiger partial charge on any atom is 0.323 e. The molecule has 0 saturated heterocycles. The molecular formula is C14H13FN2O2S. The van der Waals surface area contributed by atoms with Crippen LogP contribution in [0.25, 0.3) is 10.9 Å². The number of carbonyl (C=O) groups is 1. The van der Waals surface area contributed by atoms with Gasteiger partial charge in [-0.15, -0.1) is 0 Å². The molecule has 4 nitrogen and oxygen atoms in total. The largest absolute Gasteiger partial charge is 0.480 e. The van der Waals surface area contributed by atoms with Crippen molar-refractivity contribution in [3.8, 4) is 0 Å². The van der Waals surface area contributed by atoms with Crippen LogP contribution in [0, 0.1) is 12.7 Å². The lowest BCUT2D eigenvalue weighted by Gasteiger charge is -2.19. The minimum absolute atomic E-state index is 0.192. The minimum Gasteiger partial charge on any atom is -0.480 e. The van der Waals surface area contributed by atoms with E-state index < -0.39 is 5.97 Å². The first-order valence-electron chi connectivity index (χ1n) is 5.92. The smallest absolute Gasteiger partial charge is 0.323 e. The number of likely N-dealkylation sites (N-methyl/N-ethyl adjacent to an activating group) is 1. The molecule has 0 amide bonds. The average Bonchev–Trinajstić information content (AvgIpc) is 2.35. The van der Waals surface area contributed by atoms with Crippen LogP contribution >= 0.6 is 12.2 Å². The van der Waals surface area contributed by atoms with Crippen molar-refractivity contribution in [1.29, 1.82) is 0 Å². The standard InChI is InChI=1S/C14H13FN2O2S/c1-8-5-11(14(20)17(2)7-13(18)19)10-4-3-9(15)6-12(10)16-8/h3-6H,7H2,1-2H3,(H,18,19). The first-order chi connectivity index (χ1) is 9.38. The van der Waals surface area contributed by atoms with Gasteiger partial charge in [-0.25, -0.2) is 4.39 Å². The lowest BCUT2D eigenvalue weighted by Crippen LogP contribution is -2.31. The zero-order valence-electron chi connectivity index (χ0n) is 11.1. The van der Waals surface area contributed by atoms with Gasteiger partial charge in [0.2, 0.25) is 0 Å². The van der Waals surface area contributed by atoms with Crippen LogP contribution in [0.5, 0.6) is 0 Å². The minimum atomic E-state index is -0.962. The molecule has 1 aromatic heterocycles. The van der Waals surface area contributed by atoms with Crippen LogP contribution in [-0.2, 0) is 4.79 Å². The highest BCUT2D eigenvalue weighted by molar-refractivity contribution is 7.80. The zero-order chi connectivity index (χ0) is 14.9. The van der Waals surface area contributed by atoms with Gasteiger partial charge in [0, 0.05) is 29.8 Å². The van der Waals surface area contributed by atoms with E-state index in [-0.39, 0.29) is 12.4 Å². The van der Waals surface area contributed by atoms with Crippen LogP contribution in [0.1, 0.15) is 11.3 Å². The second-order valence-corrected chi connectivity index (χ2v) is 4.91. The Morgan fingerprint density at radius 2 is 2.15 bits per heavy atom. The molecule has 6 heteroatoms. The fourth-order valence-corrected chi connectivity index (χ4v) is 2.22. The number of pyridine rings is 1. The van der Waals surface area contributed by atoms with Gasteiger partial charge >= 0.3 is 5.97 Å². The molecule has 0 aliphatic rings. The van der Waals surface area contributed by atoms with Crippen molar-refractivity contribution in [1.82, 2.24) is 9.88 Å². The number of thiocarbonyl (C=S) groups is 1. The SMILES string of the molecule is Cc1cc(C(=S)N(C)CC(=O)O)c2ccc(F)cc2n1. The monoisotopic (exact) mass is 292 g/mol. The van der Waals surface area contributed by atoms with Crippen LogP contribution in [0.3, 0.4) is 0 Å². The van der Waals surface area contributed by atoms with Gasteiger partial charge in [-0.05, 0) is 25.1 Å². The summed E-state index contributed by atoms with van der Waals surface area (Å²) in [5.41, 5.74) is 1.89. The third kappa shape index (κ3) is 2.91. The predicted molar refractivity (Wildman–Crippen MR) is 78.4 cm³/mol. The third-order valence-electron chi connectivity index (χ3n) is 2.85. The Labute approximate surface area is 120 Å². The van der Waals surface area contributed by atoms with E-state index in [1.807, 2.05) is 0 Å². The molecule has 0 spiro atoms. The normalized spacial score (nSPS) is 10.6. The second kappa shape index (κ2) is 5.50. The van der Waals surface area contributed by atoms with Crippen LogP contribution in [0.4, 0.5) is 4.39 Å². The summed E-state index contributed by atoms with van der Waals surface area (Å²) in [5, 5.41) is 9.53. The van der Waals surface area contributed by atoms with E-state index in [1.165, 1.54) is 17.0 Å². The Balaban J connectivity index is 2.53. The molecule has 0 bridgehead atoms. The molecule has 0 saturated carbocycles. The summed E-state index contributed by atoms with van der Waals surface area (Å²) in [4.78, 5) is 16.9. The van der Waals surface area contributed by atoms with Gasteiger partial charge in [0.05, 0.1) is 5.52 Å². The van der Waals surface area contributed by atoms with Crippen molar-refractivity contribution in [3.63, 3.8) is 0 Å². The summed E-state index contributed by atoms with van der Waals surface area (Å²) in [5.74, 6) is -1.33. The van der Waals surface area contributed by atoms with Crippen molar-refractivity contribution in [2.24, 2.45) is 0 Å². The van der Waals surface area contributed by atoms with Gasteiger partial charge in [0.25, 0.3) is 0 Å². The Bertz CT molecular complexity index is 698. The van der Waals surface area contributed by atoms with Crippen molar-refractivity contribution in [3.05, 3.63) is 41.3 Å². The summed E-state index contributed by atoms with van der Waals surface area (Å²) >= 11 is 5.32. The van der Waals surface area contributed by atoms with Crippen molar-refractivity contribution >= 4 is 34.1 Å². The van der Waals surface area contributed by atoms with E-state index in [0.717, 1.165) is 0 Å². The lowest BCUT2D eigenvalue weighted by atomic mass is 10.1. The van der Waals surface area contributed by atoms with Crippen LogP contribution in [-0.4, -0.2) is 39.5 Å². The quantitative estimate of drug-likeness (QED) is 0.880. The van der Waals surface area contributed by atoms with Crippen LogP contribution in [0.2, 0.25) is 0 Å². The summed E-state index contributed by atoms with van der Waals surface area (Å²) in [6.07, 6.45) is 0. The Morgan fingerprint density at radius 1 is 1.45 bits per heavy atom. The van der Waals surface area contributed by atoms with Gasteiger partial charge in [-0.3, -0.25) is 9.78 Å². The molecule has 1 aromatic carbocycles. The molecule has 0 atom stereocenters. The molecule has 104 valence electrons. The molecule has 0 fully saturated rings. The summed E-state index contributed by atoms with van der Waals surface area (Å²) < 4.78 is 13.3. The van der Waals surface area contributed by atoms with Gasteiger partial charge in [-0.2, -0.15) is 0 Å². The van der Waals surface area contributed by atoms with E-state index in [2.05, 4.69) is 4.98 Å². The number of fused-ring (bicyclic) bond motifs is 1. The molecule has 2 rings (SSSR count). The first-order valence-corrected chi connectivity index (χ1v) is 6.33. The Hall–Kier alpha value is -2.08. The molecule has 0 aliphatic heterocycles. The number of hydrogen-bond donors (Lipinski definition) is 1. The fraction of sp³-hybridized carbons (Fsp3) is 0.214. The van der Waals surface area contributed by atoms with Crippen molar-refractivity contribution in [2.75, 3.05) is 13.6 Å². The van der Waals surface area contributed by atoms with Gasteiger partial charge in [0.15, 0.2) is 0 Å². The molecule has 0 radical (unpaired) electrons. The molecule has 0 aliphatic carbocycles. The molecule has 1 N–H and O–H groups in total. The van der Waals surface area contributed by atoms with E-state index in [4.69, 9.17) is 17.3 Å². The van der Waals surface area contributed by atoms with E-state index in [1.54, 1.807) is 26.1 Å². The number of halogens is 1. The second-order valence-electron chi connectivity index (χ2n) is 4.53. The lowest BCUT2D eigenvalue weighted by molar-refractivity contribution is -0.137. The fourth-order valence-electron chi connectivity index (χ4n) is 1.99. The van der Waals surface area contributed by atoms with Crippen molar-refractivity contribution in [2.45, 2.75) is 6.92 Å². The number of benzene rings is 1. The molecule has 2 aromatic rings. The number of aliphatic carboxylic acids is 1. The Morgan fingerprint density at radius 3 is 2.80 bits per heavy atom. The number of carboxylic acid groups (broad SMARTS) is 1. The number of rotatable bonds is 3. The van der Waals surface area contributed by atoms with Crippen molar-refractivity contribution < 1.29 is 14.3 Å². The van der Waals surface area contributed by atoms with Gasteiger partial charge in [-0.1, -0.05) is 12.2 Å². The van der Waals surface area contributed by atoms with Crippen LogP contribution < -0.4 is 0 Å². The number of nitrogens with zero attached hydrogens (tertiary/aromatic N) is 2. The zero-order valence-corrected chi connectivity index (χ0v) is 11.9. The maximum absolute atomic E-state index is 13.3. The number of aryl methyl sites for hydroxylation is 1. The summed E-state index contributed by atoms with van der Waals surface area (Å²) in [6, 6.07) is 6.06. The van der Waals surface area contributed by atoms with Gasteiger partial charge in [0.1, 0.15) is 17.4 Å². The number of carboxylic acids is 1. The van der Waals surface area contributed by atoms with E-state index in [9.17, 15) is 9.18 Å². The highest BCUT2D eigenvalue weighted by atomic mass is 32.1. The maximum atomic E-state index is 13.3. The number of hydrogen-bond acceptors (Lipinski definition) is 3. The average molecular weight is 292 g/mol. The molecular weight excluding hydrogens is 279 g/mol. The Kier molecular flexibility index (Phi) is 3.94. The van der Waals surface area contributed by atoms with Crippen LogP contribution in [0.15, 0.2) is 24.3 Å². The topological polar surface area (TPSA) is 53.4 Å². The summed E-state index contributed by atoms with van der Waals surface area (Å²) in [6.45, 7) is 1.59. The first kappa shape index (κ1) is 14.3. The van der Waals surface area contributed by atoms with Gasteiger partial charge < -0.3 is 10.0 Å². The highest BCUT2D eigenvalue weighted by Crippen LogP contribution is 2.21. The highest BCUT2D eigenvalue weighted by Gasteiger charge is 2.14. The summed E-state index contributed by atoms with van der Waals surface area (Å²) in [7, 11) is 1.61. The molecule has 1 heterocycles. The third-order valence-corrected chi connectivity index (χ3v) is 3.38. The molecule has 0 unspecified atom stereocenters. The predicted octanol–water partition coefficient (Wildman–Crippen LogP) is 2.37.